The Labute approximate surface area is 204 Å². The second kappa shape index (κ2) is 9.15. The first kappa shape index (κ1) is 22.3. The van der Waals surface area contributed by atoms with Gasteiger partial charge in [-0.15, -0.1) is 0 Å². The number of fused-ring (bicyclic) bond motifs is 2. The number of nitrogens with one attached hydrogen (secondary N) is 2. The van der Waals surface area contributed by atoms with Gasteiger partial charge in [-0.25, -0.2) is 14.3 Å². The summed E-state index contributed by atoms with van der Waals surface area (Å²) < 4.78 is 9.28. The summed E-state index contributed by atoms with van der Waals surface area (Å²) in [6.45, 7) is 2.10. The van der Waals surface area contributed by atoms with E-state index in [1.54, 1.807) is 11.6 Å². The summed E-state index contributed by atoms with van der Waals surface area (Å²) in [7, 11) is 1.64. The van der Waals surface area contributed by atoms with E-state index in [0.717, 1.165) is 53.4 Å². The summed E-state index contributed by atoms with van der Waals surface area (Å²) in [6, 6.07) is 7.73. The van der Waals surface area contributed by atoms with E-state index in [1.165, 1.54) is 38.4 Å². The van der Waals surface area contributed by atoms with Crippen LogP contribution in [0.2, 0.25) is 0 Å². The van der Waals surface area contributed by atoms with Crippen molar-refractivity contribution in [2.24, 2.45) is 0 Å². The van der Waals surface area contributed by atoms with E-state index in [9.17, 15) is 4.79 Å². The maximum Gasteiger partial charge on any atom is 0.326 e. The molecule has 2 fully saturated rings. The largest absolute Gasteiger partial charge is 0.493 e. The molecule has 35 heavy (non-hydrogen) atoms. The Hall–Kier alpha value is -3.13. The van der Waals surface area contributed by atoms with E-state index in [1.807, 2.05) is 16.8 Å². The van der Waals surface area contributed by atoms with Gasteiger partial charge in [-0.3, -0.25) is 4.57 Å². The van der Waals surface area contributed by atoms with Gasteiger partial charge in [0.15, 0.2) is 11.4 Å². The lowest BCUT2D eigenvalue weighted by atomic mass is 9.88. The molecule has 0 radical (unpaired) electrons. The highest BCUT2D eigenvalue weighted by Gasteiger charge is 2.27. The van der Waals surface area contributed by atoms with Crippen LogP contribution in [0.15, 0.2) is 35.5 Å². The summed E-state index contributed by atoms with van der Waals surface area (Å²) in [4.78, 5) is 20.5. The fraction of sp³-hybridized carbons (Fsp3) is 0.519. The van der Waals surface area contributed by atoms with Crippen LogP contribution in [0.5, 0.6) is 5.75 Å². The number of aryl methyl sites for hydroxylation is 1. The summed E-state index contributed by atoms with van der Waals surface area (Å²) >= 11 is 0. The van der Waals surface area contributed by atoms with Gasteiger partial charge in [-0.2, -0.15) is 5.10 Å². The second-order valence-electron chi connectivity index (χ2n) is 10.3. The average molecular weight is 475 g/mol. The number of benzene rings is 1. The molecule has 3 aromatic heterocycles. The minimum Gasteiger partial charge on any atom is -0.493 e. The first-order valence-electron chi connectivity index (χ1n) is 13.0. The molecule has 2 saturated carbocycles. The van der Waals surface area contributed by atoms with Crippen LogP contribution in [0.3, 0.4) is 0 Å². The van der Waals surface area contributed by atoms with Crippen molar-refractivity contribution >= 4 is 16.7 Å². The molecule has 1 aromatic carbocycles. The Morgan fingerprint density at radius 1 is 1.03 bits per heavy atom. The van der Waals surface area contributed by atoms with Crippen LogP contribution in [-0.2, 0) is 0 Å². The summed E-state index contributed by atoms with van der Waals surface area (Å²) in [5.41, 5.74) is 5.67. The van der Waals surface area contributed by atoms with Crippen LogP contribution in [-0.4, -0.2) is 43.3 Å². The third-order valence-electron chi connectivity index (χ3n) is 8.07. The lowest BCUT2D eigenvalue weighted by Gasteiger charge is -2.34. The first-order chi connectivity index (χ1) is 17.1. The molecule has 0 bridgehead atoms. The van der Waals surface area contributed by atoms with Crippen molar-refractivity contribution in [3.05, 3.63) is 46.8 Å². The van der Waals surface area contributed by atoms with Crippen molar-refractivity contribution in [1.82, 2.24) is 29.5 Å². The molecule has 8 heteroatoms. The topological polar surface area (TPSA) is 89.2 Å². The van der Waals surface area contributed by atoms with E-state index in [0.29, 0.717) is 23.5 Å². The van der Waals surface area contributed by atoms with Crippen LogP contribution < -0.4 is 15.7 Å². The van der Waals surface area contributed by atoms with Gasteiger partial charge >= 0.3 is 5.69 Å². The number of pyridine rings is 1. The molecule has 0 spiro atoms. The van der Waals surface area contributed by atoms with Crippen LogP contribution in [0.4, 0.5) is 0 Å². The second-order valence-corrected chi connectivity index (χ2v) is 10.3. The van der Waals surface area contributed by atoms with Crippen molar-refractivity contribution in [2.75, 3.05) is 7.11 Å². The molecule has 3 heterocycles. The lowest BCUT2D eigenvalue weighted by Crippen LogP contribution is -2.42. The van der Waals surface area contributed by atoms with E-state index >= 15 is 0 Å². The number of aromatic amines is 1. The Balaban J connectivity index is 1.27. The number of methoxy groups -OCH3 is 1. The van der Waals surface area contributed by atoms with Crippen LogP contribution in [0.25, 0.3) is 27.8 Å². The summed E-state index contributed by atoms with van der Waals surface area (Å²) in [5, 5.41) is 8.20. The van der Waals surface area contributed by atoms with Gasteiger partial charge in [0.1, 0.15) is 6.33 Å². The van der Waals surface area contributed by atoms with Gasteiger partial charge in [0.2, 0.25) is 0 Å². The van der Waals surface area contributed by atoms with E-state index in [4.69, 9.17) is 4.74 Å². The van der Waals surface area contributed by atoms with Gasteiger partial charge < -0.3 is 15.0 Å². The molecule has 0 aliphatic heterocycles. The van der Waals surface area contributed by atoms with Crippen LogP contribution in [0.1, 0.15) is 69.4 Å². The maximum atomic E-state index is 13.1. The van der Waals surface area contributed by atoms with Crippen molar-refractivity contribution in [2.45, 2.75) is 82.8 Å². The highest BCUT2D eigenvalue weighted by atomic mass is 16.5. The number of H-pyrrole nitrogens is 1. The summed E-state index contributed by atoms with van der Waals surface area (Å²) in [5.74, 6) is 0.671. The number of nitrogens with zero attached hydrogens (tertiary/aromatic N) is 4. The maximum absolute atomic E-state index is 13.1. The fourth-order valence-corrected chi connectivity index (χ4v) is 6.25. The predicted molar refractivity (Wildman–Crippen MR) is 137 cm³/mol. The highest BCUT2D eigenvalue weighted by molar-refractivity contribution is 5.85. The number of imidazole rings is 1. The standard InChI is InChI=1S/C27H34N6O2/c1-17-12-24-23(14-22(17)18-13-25(35-2)26-28-16-29-32(26)15-18)31-27(34)33(24)21-10-8-20(9-11-21)30-19-6-4-3-5-7-19/h12-16,19-21,30H,3-11H2,1-2H3,(H,31,34)/t20-,21+. The third kappa shape index (κ3) is 4.14. The van der Waals surface area contributed by atoms with Gasteiger partial charge in [-0.05, 0) is 74.8 Å². The molecule has 184 valence electrons. The summed E-state index contributed by atoms with van der Waals surface area (Å²) in [6.07, 6.45) is 14.6. The van der Waals surface area contributed by atoms with Gasteiger partial charge in [0, 0.05) is 29.9 Å². The number of hydrogen-bond donors (Lipinski definition) is 2. The third-order valence-corrected chi connectivity index (χ3v) is 8.07. The molecule has 4 aromatic rings. The first-order valence-corrected chi connectivity index (χ1v) is 13.0. The molecule has 8 nitrogen and oxygen atoms in total. The molecule has 0 unspecified atom stereocenters. The number of rotatable bonds is 5. The van der Waals surface area contributed by atoms with Crippen LogP contribution >= 0.6 is 0 Å². The normalized spacial score (nSPS) is 21.7. The van der Waals surface area contributed by atoms with Crippen LogP contribution in [0, 0.1) is 6.92 Å². The Kier molecular flexibility index (Phi) is 5.84. The SMILES string of the molecule is COc1cc(-c2cc3[nH]c(=O)n([C@H]4CC[C@@H](NC5CCCCC5)CC4)c3cc2C)cn2ncnc12. The molecule has 2 aliphatic carbocycles. The average Bonchev–Trinajstić information content (AvgIpc) is 3.47. The number of hydrogen-bond acceptors (Lipinski definition) is 5. The predicted octanol–water partition coefficient (Wildman–Crippen LogP) is 4.76. The van der Waals surface area contributed by atoms with Gasteiger partial charge in [0.05, 0.1) is 18.1 Å². The minimum atomic E-state index is -0.00968. The monoisotopic (exact) mass is 474 g/mol. The Bertz CT molecular complexity index is 1400. The van der Waals surface area contributed by atoms with Crippen molar-refractivity contribution in [3.63, 3.8) is 0 Å². The molecule has 0 saturated heterocycles. The number of ether oxygens (including phenoxy) is 1. The zero-order valence-electron chi connectivity index (χ0n) is 20.6. The molecule has 2 N–H and O–H groups in total. The Morgan fingerprint density at radius 3 is 2.57 bits per heavy atom. The van der Waals surface area contributed by atoms with Crippen molar-refractivity contribution in [3.8, 4) is 16.9 Å². The Morgan fingerprint density at radius 2 is 1.80 bits per heavy atom. The van der Waals surface area contributed by atoms with Crippen molar-refractivity contribution in [1.29, 1.82) is 0 Å². The van der Waals surface area contributed by atoms with E-state index < -0.39 is 0 Å². The molecule has 2 aliphatic rings. The fourth-order valence-electron chi connectivity index (χ4n) is 6.25. The van der Waals surface area contributed by atoms with Gasteiger partial charge in [-0.1, -0.05) is 19.3 Å². The number of aromatic nitrogens is 5. The van der Waals surface area contributed by atoms with Crippen molar-refractivity contribution < 1.29 is 4.74 Å². The smallest absolute Gasteiger partial charge is 0.326 e. The molecule has 0 atom stereocenters. The van der Waals surface area contributed by atoms with Gasteiger partial charge in [0.25, 0.3) is 0 Å². The molecule has 0 amide bonds. The molecular weight excluding hydrogens is 440 g/mol. The van der Waals surface area contributed by atoms with E-state index in [-0.39, 0.29) is 11.7 Å². The molecule has 6 rings (SSSR count). The quantitative estimate of drug-likeness (QED) is 0.435. The minimum absolute atomic E-state index is 0.00968. The molecular formula is C27H34N6O2. The van der Waals surface area contributed by atoms with E-state index in [2.05, 4.69) is 39.4 Å². The zero-order valence-corrected chi connectivity index (χ0v) is 20.6. The zero-order chi connectivity index (χ0) is 23.9. The lowest BCUT2D eigenvalue weighted by molar-refractivity contribution is 0.252. The highest BCUT2D eigenvalue weighted by Crippen LogP contribution is 2.34.